The third-order valence-electron chi connectivity index (χ3n) is 1.94. The van der Waals surface area contributed by atoms with Crippen molar-refractivity contribution in [3.05, 3.63) is 0 Å². The molecule has 0 saturated carbocycles. The minimum absolute atomic E-state index is 0.0938. The fourth-order valence-electron chi connectivity index (χ4n) is 1.36. The van der Waals surface area contributed by atoms with Crippen molar-refractivity contribution in [2.45, 2.75) is 31.3 Å². The molecular formula is C6H11NO2. The van der Waals surface area contributed by atoms with Crippen LogP contribution in [0.4, 0.5) is 0 Å². The Kier molecular flexibility index (Phi) is 1.22. The lowest BCUT2D eigenvalue weighted by Gasteiger charge is -2.23. The van der Waals surface area contributed by atoms with Crippen LogP contribution in [0.5, 0.6) is 0 Å². The van der Waals surface area contributed by atoms with Gasteiger partial charge in [-0.2, -0.15) is 0 Å². The number of fused-ring (bicyclic) bond motifs is 2. The van der Waals surface area contributed by atoms with Gasteiger partial charge in [0.05, 0.1) is 18.8 Å². The number of hydrogen-bond donors (Lipinski definition) is 1. The maximum atomic E-state index is 5.67. The summed E-state index contributed by atoms with van der Waals surface area (Å²) >= 11 is 0. The molecule has 0 aromatic heterocycles. The van der Waals surface area contributed by atoms with Crippen molar-refractivity contribution in [2.75, 3.05) is 6.61 Å². The molecule has 3 nitrogen and oxygen atoms in total. The summed E-state index contributed by atoms with van der Waals surface area (Å²) in [7, 11) is 0. The topological polar surface area (TPSA) is 44.5 Å². The van der Waals surface area contributed by atoms with Crippen molar-refractivity contribution in [1.82, 2.24) is 0 Å². The van der Waals surface area contributed by atoms with Gasteiger partial charge in [0.25, 0.3) is 0 Å². The van der Waals surface area contributed by atoms with E-state index in [1.807, 2.05) is 0 Å². The van der Waals surface area contributed by atoms with Gasteiger partial charge < -0.3 is 15.2 Å². The summed E-state index contributed by atoms with van der Waals surface area (Å²) in [4.78, 5) is 0. The molecule has 0 radical (unpaired) electrons. The van der Waals surface area contributed by atoms with Gasteiger partial charge in [0.2, 0.25) is 0 Å². The second kappa shape index (κ2) is 1.94. The normalized spacial score (nSPS) is 49.7. The van der Waals surface area contributed by atoms with Gasteiger partial charge >= 0.3 is 0 Å². The SMILES string of the molecule is N[C@@H]1CC[C@H]2CO[C@H]1O2. The molecule has 2 fully saturated rings. The average molecular weight is 129 g/mol. The van der Waals surface area contributed by atoms with Crippen LogP contribution in [0.3, 0.4) is 0 Å². The molecule has 0 unspecified atom stereocenters. The van der Waals surface area contributed by atoms with Crippen molar-refractivity contribution in [1.29, 1.82) is 0 Å². The van der Waals surface area contributed by atoms with Crippen molar-refractivity contribution in [3.8, 4) is 0 Å². The Bertz CT molecular complexity index is 118. The monoisotopic (exact) mass is 129 g/mol. The summed E-state index contributed by atoms with van der Waals surface area (Å²) in [5, 5.41) is 0. The minimum atomic E-state index is -0.0938. The Labute approximate surface area is 54.1 Å². The Balaban J connectivity index is 2.05. The van der Waals surface area contributed by atoms with Crippen molar-refractivity contribution < 1.29 is 9.47 Å². The quantitative estimate of drug-likeness (QED) is 0.494. The largest absolute Gasteiger partial charge is 0.348 e. The zero-order valence-electron chi connectivity index (χ0n) is 5.25. The second-order valence-corrected chi connectivity index (χ2v) is 2.70. The van der Waals surface area contributed by atoms with Gasteiger partial charge in [-0.1, -0.05) is 0 Å². The molecule has 0 amide bonds. The van der Waals surface area contributed by atoms with Crippen LogP contribution < -0.4 is 5.73 Å². The van der Waals surface area contributed by atoms with Crippen molar-refractivity contribution >= 4 is 0 Å². The van der Waals surface area contributed by atoms with Gasteiger partial charge in [0.15, 0.2) is 6.29 Å². The van der Waals surface area contributed by atoms with Gasteiger partial charge in [0, 0.05) is 0 Å². The highest BCUT2D eigenvalue weighted by Crippen LogP contribution is 2.25. The fraction of sp³-hybridized carbons (Fsp3) is 1.00. The van der Waals surface area contributed by atoms with Gasteiger partial charge in [-0.05, 0) is 12.8 Å². The van der Waals surface area contributed by atoms with Crippen LogP contribution in [-0.2, 0) is 9.47 Å². The molecule has 0 aliphatic carbocycles. The standard InChI is InChI=1S/C6H11NO2/c7-5-2-1-4-3-8-6(5)9-4/h4-6H,1-3,7H2/t4-,5+,6-/m0/s1. The van der Waals surface area contributed by atoms with E-state index in [0.29, 0.717) is 6.10 Å². The summed E-state index contributed by atoms with van der Waals surface area (Å²) in [5.41, 5.74) is 5.67. The first-order valence-corrected chi connectivity index (χ1v) is 3.39. The van der Waals surface area contributed by atoms with E-state index in [4.69, 9.17) is 15.2 Å². The molecule has 3 atom stereocenters. The van der Waals surface area contributed by atoms with E-state index in [0.717, 1.165) is 19.4 Å². The second-order valence-electron chi connectivity index (χ2n) is 2.70. The fourth-order valence-corrected chi connectivity index (χ4v) is 1.36. The zero-order valence-corrected chi connectivity index (χ0v) is 5.25. The lowest BCUT2D eigenvalue weighted by Crippen LogP contribution is -2.39. The van der Waals surface area contributed by atoms with E-state index in [-0.39, 0.29) is 12.3 Å². The van der Waals surface area contributed by atoms with Gasteiger partial charge in [-0.25, -0.2) is 0 Å². The van der Waals surface area contributed by atoms with Crippen LogP contribution in [0.1, 0.15) is 12.8 Å². The first-order chi connectivity index (χ1) is 4.36. The third kappa shape index (κ3) is 0.852. The first kappa shape index (κ1) is 5.65. The molecule has 0 spiro atoms. The van der Waals surface area contributed by atoms with Gasteiger partial charge in [-0.3, -0.25) is 0 Å². The highest BCUT2D eigenvalue weighted by atomic mass is 16.7. The molecular weight excluding hydrogens is 118 g/mol. The van der Waals surface area contributed by atoms with Crippen LogP contribution in [-0.4, -0.2) is 25.0 Å². The molecule has 3 heteroatoms. The van der Waals surface area contributed by atoms with E-state index < -0.39 is 0 Å². The molecule has 2 N–H and O–H groups in total. The van der Waals surface area contributed by atoms with Crippen LogP contribution in [0.2, 0.25) is 0 Å². The molecule has 9 heavy (non-hydrogen) atoms. The summed E-state index contributed by atoms with van der Waals surface area (Å²) in [5.74, 6) is 0. The van der Waals surface area contributed by atoms with Crippen LogP contribution in [0, 0.1) is 0 Å². The van der Waals surface area contributed by atoms with Crippen molar-refractivity contribution in [2.24, 2.45) is 5.73 Å². The number of ether oxygens (including phenoxy) is 2. The van der Waals surface area contributed by atoms with E-state index in [1.165, 1.54) is 0 Å². The molecule has 0 aromatic rings. The predicted octanol–water partition coefficient (Wildman–Crippen LogP) is -0.151. The maximum Gasteiger partial charge on any atom is 0.173 e. The Morgan fingerprint density at radius 1 is 1.33 bits per heavy atom. The lowest BCUT2D eigenvalue weighted by atomic mass is 10.1. The van der Waals surface area contributed by atoms with E-state index in [1.54, 1.807) is 0 Å². The average Bonchev–Trinajstić information content (AvgIpc) is 2.25. The third-order valence-corrected chi connectivity index (χ3v) is 1.94. The van der Waals surface area contributed by atoms with Crippen LogP contribution >= 0.6 is 0 Å². The molecule has 2 heterocycles. The summed E-state index contributed by atoms with van der Waals surface area (Å²) < 4.78 is 10.6. The van der Waals surface area contributed by atoms with E-state index >= 15 is 0 Å². The summed E-state index contributed by atoms with van der Waals surface area (Å²) in [6.45, 7) is 0.748. The highest BCUT2D eigenvalue weighted by Gasteiger charge is 2.35. The van der Waals surface area contributed by atoms with E-state index in [2.05, 4.69) is 0 Å². The number of hydrogen-bond acceptors (Lipinski definition) is 3. The molecule has 2 aliphatic rings. The zero-order chi connectivity index (χ0) is 6.27. The number of nitrogens with two attached hydrogens (primary N) is 1. The molecule has 52 valence electrons. The summed E-state index contributed by atoms with van der Waals surface area (Å²) in [6.07, 6.45) is 2.37. The lowest BCUT2D eigenvalue weighted by molar-refractivity contribution is -0.0942. The highest BCUT2D eigenvalue weighted by molar-refractivity contribution is 4.80. The minimum Gasteiger partial charge on any atom is -0.348 e. The van der Waals surface area contributed by atoms with E-state index in [9.17, 15) is 0 Å². The Hall–Kier alpha value is -0.120. The van der Waals surface area contributed by atoms with Crippen molar-refractivity contribution in [3.63, 3.8) is 0 Å². The molecule has 2 bridgehead atoms. The van der Waals surface area contributed by atoms with Crippen LogP contribution in [0.15, 0.2) is 0 Å². The molecule has 2 saturated heterocycles. The summed E-state index contributed by atoms with van der Waals surface area (Å²) in [6, 6.07) is 0.115. The molecule has 2 aliphatic heterocycles. The first-order valence-electron chi connectivity index (χ1n) is 3.39. The van der Waals surface area contributed by atoms with Gasteiger partial charge in [0.1, 0.15) is 0 Å². The number of rotatable bonds is 0. The van der Waals surface area contributed by atoms with Crippen LogP contribution in [0.25, 0.3) is 0 Å². The molecule has 0 aromatic carbocycles. The van der Waals surface area contributed by atoms with Gasteiger partial charge in [-0.15, -0.1) is 0 Å². The maximum absolute atomic E-state index is 5.67. The predicted molar refractivity (Wildman–Crippen MR) is 31.8 cm³/mol. The Morgan fingerprint density at radius 3 is 3.00 bits per heavy atom. The molecule has 2 rings (SSSR count). The smallest absolute Gasteiger partial charge is 0.173 e. The Morgan fingerprint density at radius 2 is 2.22 bits per heavy atom.